The molecule has 128 valence electrons. The lowest BCUT2D eigenvalue weighted by Crippen LogP contribution is -2.42. The van der Waals surface area contributed by atoms with E-state index >= 15 is 0 Å². The Kier molecular flexibility index (Phi) is 4.08. The van der Waals surface area contributed by atoms with Crippen LogP contribution in [0, 0.1) is 6.92 Å². The van der Waals surface area contributed by atoms with E-state index in [0.717, 1.165) is 22.5 Å². The van der Waals surface area contributed by atoms with Crippen LogP contribution in [-0.4, -0.2) is 22.4 Å². The van der Waals surface area contributed by atoms with E-state index in [1.807, 2.05) is 43.8 Å². The van der Waals surface area contributed by atoms with Gasteiger partial charge >= 0.3 is 6.03 Å². The smallest absolute Gasteiger partial charge is 0.322 e. The summed E-state index contributed by atoms with van der Waals surface area (Å²) in [5.41, 5.74) is 3.83. The number of nitrogens with one attached hydrogen (secondary N) is 1. The molecule has 0 fully saturated rings. The number of carbonyl (C=O) groups is 1. The molecule has 1 aliphatic heterocycles. The van der Waals surface area contributed by atoms with Crippen molar-refractivity contribution in [2.24, 2.45) is 7.05 Å². The highest BCUT2D eigenvalue weighted by Gasteiger charge is 2.39. The van der Waals surface area contributed by atoms with Crippen LogP contribution >= 0.6 is 11.6 Å². The number of aromatic nitrogens is 2. The molecule has 0 spiro atoms. The number of halogens is 1. The van der Waals surface area contributed by atoms with Crippen molar-refractivity contribution in [2.45, 2.75) is 39.2 Å². The molecule has 0 bridgehead atoms. The molecule has 6 heteroatoms. The van der Waals surface area contributed by atoms with Crippen molar-refractivity contribution in [3.05, 3.63) is 46.2 Å². The standard InChI is InChI=1S/C18H23ClN4O/c1-11(13-9-20-22(5)12(13)2)21-17(24)23-10-18(3,4)16-14(19)7-6-8-15(16)23/h6-9,11H,10H2,1-5H3,(H,21,24). The Labute approximate surface area is 147 Å². The molecule has 1 aliphatic rings. The van der Waals surface area contributed by atoms with Crippen molar-refractivity contribution in [1.82, 2.24) is 15.1 Å². The van der Waals surface area contributed by atoms with Gasteiger partial charge in [-0.1, -0.05) is 31.5 Å². The summed E-state index contributed by atoms with van der Waals surface area (Å²) in [7, 11) is 1.90. The van der Waals surface area contributed by atoms with Crippen LogP contribution in [0.4, 0.5) is 10.5 Å². The number of nitrogens with zero attached hydrogens (tertiary/aromatic N) is 3. The number of rotatable bonds is 2. The van der Waals surface area contributed by atoms with Gasteiger partial charge in [0.25, 0.3) is 0 Å². The molecule has 0 aliphatic carbocycles. The first-order valence-electron chi connectivity index (χ1n) is 8.08. The number of hydrogen-bond donors (Lipinski definition) is 1. The van der Waals surface area contributed by atoms with Gasteiger partial charge in [-0.2, -0.15) is 5.10 Å². The van der Waals surface area contributed by atoms with Gasteiger partial charge in [0.1, 0.15) is 0 Å². The van der Waals surface area contributed by atoms with Crippen LogP contribution in [0.15, 0.2) is 24.4 Å². The number of carbonyl (C=O) groups excluding carboxylic acids is 1. The number of anilines is 1. The summed E-state index contributed by atoms with van der Waals surface area (Å²) < 4.78 is 1.81. The Balaban J connectivity index is 1.85. The first kappa shape index (κ1) is 16.8. The molecule has 2 aromatic rings. The molecule has 24 heavy (non-hydrogen) atoms. The molecule has 0 saturated heterocycles. The van der Waals surface area contributed by atoms with E-state index in [1.165, 1.54) is 0 Å². The summed E-state index contributed by atoms with van der Waals surface area (Å²) in [6.45, 7) is 8.80. The molecule has 5 nitrogen and oxygen atoms in total. The van der Waals surface area contributed by atoms with Crippen LogP contribution in [0.3, 0.4) is 0 Å². The zero-order valence-corrected chi connectivity index (χ0v) is 15.5. The highest BCUT2D eigenvalue weighted by Crippen LogP contribution is 2.44. The van der Waals surface area contributed by atoms with Crippen molar-refractivity contribution in [1.29, 1.82) is 0 Å². The summed E-state index contributed by atoms with van der Waals surface area (Å²) in [4.78, 5) is 14.6. The number of aryl methyl sites for hydroxylation is 1. The van der Waals surface area contributed by atoms with Gasteiger partial charge in [-0.05, 0) is 26.0 Å². The van der Waals surface area contributed by atoms with Gasteiger partial charge in [-0.3, -0.25) is 9.58 Å². The molecule has 2 amide bonds. The quantitative estimate of drug-likeness (QED) is 0.895. The number of benzene rings is 1. The van der Waals surface area contributed by atoms with Gasteiger partial charge in [-0.25, -0.2) is 4.79 Å². The summed E-state index contributed by atoms with van der Waals surface area (Å²) in [6, 6.07) is 5.50. The first-order valence-corrected chi connectivity index (χ1v) is 8.45. The Morgan fingerprint density at radius 2 is 2.12 bits per heavy atom. The Bertz CT molecular complexity index is 796. The number of hydrogen-bond acceptors (Lipinski definition) is 2. The van der Waals surface area contributed by atoms with Gasteiger partial charge in [0, 0.05) is 40.9 Å². The zero-order valence-electron chi connectivity index (χ0n) is 14.7. The van der Waals surface area contributed by atoms with Crippen LogP contribution < -0.4 is 10.2 Å². The van der Waals surface area contributed by atoms with E-state index in [-0.39, 0.29) is 17.5 Å². The van der Waals surface area contributed by atoms with Crippen LogP contribution in [0.1, 0.15) is 43.6 Å². The molecule has 0 saturated carbocycles. The van der Waals surface area contributed by atoms with E-state index in [2.05, 4.69) is 24.3 Å². The van der Waals surface area contributed by atoms with Crippen molar-refractivity contribution in [2.75, 3.05) is 11.4 Å². The lowest BCUT2D eigenvalue weighted by molar-refractivity contribution is 0.243. The third-order valence-corrected chi connectivity index (χ3v) is 5.15. The van der Waals surface area contributed by atoms with Gasteiger partial charge in [0.15, 0.2) is 0 Å². The van der Waals surface area contributed by atoms with Crippen molar-refractivity contribution < 1.29 is 4.79 Å². The first-order chi connectivity index (χ1) is 11.2. The van der Waals surface area contributed by atoms with Gasteiger partial charge in [0.2, 0.25) is 0 Å². The minimum atomic E-state index is -0.168. The van der Waals surface area contributed by atoms with Crippen molar-refractivity contribution >= 4 is 23.3 Å². The van der Waals surface area contributed by atoms with E-state index in [9.17, 15) is 4.79 Å². The van der Waals surface area contributed by atoms with E-state index in [1.54, 1.807) is 11.1 Å². The normalized spacial score (nSPS) is 16.8. The van der Waals surface area contributed by atoms with Crippen molar-refractivity contribution in [3.8, 4) is 0 Å². The Hall–Kier alpha value is -2.01. The monoisotopic (exact) mass is 346 g/mol. The summed E-state index contributed by atoms with van der Waals surface area (Å²) >= 11 is 6.38. The van der Waals surface area contributed by atoms with Crippen molar-refractivity contribution in [3.63, 3.8) is 0 Å². The highest BCUT2D eigenvalue weighted by atomic mass is 35.5. The molecular weight excluding hydrogens is 324 g/mol. The lowest BCUT2D eigenvalue weighted by atomic mass is 9.87. The highest BCUT2D eigenvalue weighted by molar-refractivity contribution is 6.32. The molecule has 3 rings (SSSR count). The predicted molar refractivity (Wildman–Crippen MR) is 96.7 cm³/mol. The average molecular weight is 347 g/mol. The van der Waals surface area contributed by atoms with Gasteiger partial charge in [0.05, 0.1) is 17.9 Å². The second-order valence-corrected chi connectivity index (χ2v) is 7.49. The number of urea groups is 1. The fraction of sp³-hybridized carbons (Fsp3) is 0.444. The van der Waals surface area contributed by atoms with E-state index < -0.39 is 0 Å². The van der Waals surface area contributed by atoms with Crippen LogP contribution in [0.25, 0.3) is 0 Å². The SMILES string of the molecule is Cc1c(C(C)NC(=O)N2CC(C)(C)c3c(Cl)cccc32)cnn1C. The number of amides is 2. The Morgan fingerprint density at radius 3 is 2.75 bits per heavy atom. The molecule has 1 aromatic carbocycles. The maximum atomic E-state index is 12.9. The van der Waals surface area contributed by atoms with Crippen LogP contribution in [0.2, 0.25) is 5.02 Å². The third kappa shape index (κ3) is 2.67. The number of fused-ring (bicyclic) bond motifs is 1. The second kappa shape index (κ2) is 5.81. The molecule has 0 radical (unpaired) electrons. The third-order valence-electron chi connectivity index (χ3n) is 4.84. The fourth-order valence-electron chi connectivity index (χ4n) is 3.43. The maximum Gasteiger partial charge on any atom is 0.322 e. The topological polar surface area (TPSA) is 50.2 Å². The Morgan fingerprint density at radius 1 is 1.42 bits per heavy atom. The summed E-state index contributed by atoms with van der Waals surface area (Å²) in [5, 5.41) is 8.04. The summed E-state index contributed by atoms with van der Waals surface area (Å²) in [5.74, 6) is 0. The second-order valence-electron chi connectivity index (χ2n) is 7.08. The average Bonchev–Trinajstić information content (AvgIpc) is 2.98. The van der Waals surface area contributed by atoms with Gasteiger partial charge in [-0.15, -0.1) is 0 Å². The molecule has 1 aromatic heterocycles. The molecule has 1 atom stereocenters. The predicted octanol–water partition coefficient (Wildman–Crippen LogP) is 3.95. The minimum absolute atomic E-state index is 0.111. The minimum Gasteiger partial charge on any atom is -0.331 e. The largest absolute Gasteiger partial charge is 0.331 e. The van der Waals surface area contributed by atoms with Crippen LogP contribution in [0.5, 0.6) is 0 Å². The lowest BCUT2D eigenvalue weighted by Gasteiger charge is -2.23. The molecule has 2 heterocycles. The summed E-state index contributed by atoms with van der Waals surface area (Å²) in [6.07, 6.45) is 1.80. The maximum absolute atomic E-state index is 12.9. The van der Waals surface area contributed by atoms with E-state index in [4.69, 9.17) is 11.6 Å². The van der Waals surface area contributed by atoms with E-state index in [0.29, 0.717) is 11.6 Å². The van der Waals surface area contributed by atoms with Gasteiger partial charge < -0.3 is 5.32 Å². The zero-order chi connectivity index (χ0) is 17.6. The fourth-order valence-corrected chi connectivity index (χ4v) is 3.86. The van der Waals surface area contributed by atoms with Crippen LogP contribution in [-0.2, 0) is 12.5 Å². The molecule has 1 N–H and O–H groups in total. The molecule has 1 unspecified atom stereocenters. The molecular formula is C18H23ClN4O.